The number of benzene rings is 1. The van der Waals surface area contributed by atoms with E-state index >= 15 is 0 Å². The maximum absolute atomic E-state index is 12.2. The summed E-state index contributed by atoms with van der Waals surface area (Å²) in [6, 6.07) is 8.55. The highest BCUT2D eigenvalue weighted by Crippen LogP contribution is 2.17. The van der Waals surface area contributed by atoms with Gasteiger partial charge in [0.25, 0.3) is 0 Å². The van der Waals surface area contributed by atoms with Gasteiger partial charge < -0.3 is 10.6 Å². The zero-order valence-electron chi connectivity index (χ0n) is 10.4. The SMILES string of the molecule is O=C(NC1CC=CC1)C1Cc2ccccc2CN1. The van der Waals surface area contributed by atoms with Crippen LogP contribution < -0.4 is 10.6 Å². The molecule has 1 aliphatic carbocycles. The summed E-state index contributed by atoms with van der Waals surface area (Å²) >= 11 is 0. The maximum Gasteiger partial charge on any atom is 0.237 e. The van der Waals surface area contributed by atoms with E-state index in [1.807, 2.05) is 12.1 Å². The Morgan fingerprint density at radius 1 is 1.17 bits per heavy atom. The molecule has 2 N–H and O–H groups in total. The summed E-state index contributed by atoms with van der Waals surface area (Å²) in [4.78, 5) is 12.2. The van der Waals surface area contributed by atoms with Crippen molar-refractivity contribution in [3.8, 4) is 0 Å². The molecule has 3 rings (SSSR count). The number of amides is 1. The van der Waals surface area contributed by atoms with Gasteiger partial charge in [0.15, 0.2) is 0 Å². The van der Waals surface area contributed by atoms with Crippen LogP contribution in [0.4, 0.5) is 0 Å². The first-order valence-electron chi connectivity index (χ1n) is 6.58. The van der Waals surface area contributed by atoms with Crippen LogP contribution in [0.15, 0.2) is 36.4 Å². The van der Waals surface area contributed by atoms with Crippen molar-refractivity contribution in [1.82, 2.24) is 10.6 Å². The van der Waals surface area contributed by atoms with Crippen LogP contribution in [0.5, 0.6) is 0 Å². The highest BCUT2D eigenvalue weighted by Gasteiger charge is 2.25. The minimum absolute atomic E-state index is 0.0829. The molecule has 1 amide bonds. The van der Waals surface area contributed by atoms with E-state index in [0.717, 1.165) is 25.8 Å². The maximum atomic E-state index is 12.2. The number of carbonyl (C=O) groups is 1. The van der Waals surface area contributed by atoms with Gasteiger partial charge in [0.05, 0.1) is 6.04 Å². The highest BCUT2D eigenvalue weighted by molar-refractivity contribution is 5.82. The first-order chi connectivity index (χ1) is 8.83. The van der Waals surface area contributed by atoms with Crippen LogP contribution in [0.1, 0.15) is 24.0 Å². The minimum Gasteiger partial charge on any atom is -0.351 e. The average Bonchev–Trinajstić information content (AvgIpc) is 2.91. The smallest absolute Gasteiger partial charge is 0.237 e. The van der Waals surface area contributed by atoms with Gasteiger partial charge >= 0.3 is 0 Å². The molecule has 0 saturated heterocycles. The Hall–Kier alpha value is -1.61. The van der Waals surface area contributed by atoms with Gasteiger partial charge in [0, 0.05) is 12.6 Å². The fourth-order valence-electron chi connectivity index (χ4n) is 2.68. The highest BCUT2D eigenvalue weighted by atomic mass is 16.2. The summed E-state index contributed by atoms with van der Waals surface area (Å²) in [6.45, 7) is 0.789. The van der Waals surface area contributed by atoms with Crippen molar-refractivity contribution in [2.45, 2.75) is 37.9 Å². The molecule has 0 bridgehead atoms. The average molecular weight is 242 g/mol. The zero-order valence-corrected chi connectivity index (χ0v) is 10.4. The third-order valence-electron chi connectivity index (χ3n) is 3.75. The first-order valence-corrected chi connectivity index (χ1v) is 6.58. The standard InChI is InChI=1S/C15H18N2O/c18-15(17-13-7-3-4-8-13)14-9-11-5-1-2-6-12(11)10-16-14/h1-6,13-14,16H,7-10H2,(H,17,18). The molecule has 0 fully saturated rings. The van der Waals surface area contributed by atoms with Crippen molar-refractivity contribution in [2.24, 2.45) is 0 Å². The van der Waals surface area contributed by atoms with Gasteiger partial charge in [0.1, 0.15) is 0 Å². The second kappa shape index (κ2) is 4.94. The minimum atomic E-state index is -0.0829. The van der Waals surface area contributed by atoms with E-state index in [1.54, 1.807) is 0 Å². The third kappa shape index (κ3) is 2.31. The molecule has 94 valence electrons. The van der Waals surface area contributed by atoms with E-state index < -0.39 is 0 Å². The lowest BCUT2D eigenvalue weighted by molar-refractivity contribution is -0.124. The molecule has 2 aliphatic rings. The fraction of sp³-hybridized carbons (Fsp3) is 0.400. The number of hydrogen-bond donors (Lipinski definition) is 2. The number of hydrogen-bond acceptors (Lipinski definition) is 2. The molecule has 1 aromatic carbocycles. The molecule has 1 heterocycles. The molecule has 1 aromatic rings. The Labute approximate surface area is 107 Å². The van der Waals surface area contributed by atoms with E-state index in [1.165, 1.54) is 11.1 Å². The van der Waals surface area contributed by atoms with Crippen LogP contribution >= 0.6 is 0 Å². The second-order valence-corrected chi connectivity index (χ2v) is 5.05. The molecular formula is C15H18N2O. The van der Waals surface area contributed by atoms with Gasteiger partial charge in [-0.2, -0.15) is 0 Å². The molecule has 1 aliphatic heterocycles. The molecule has 0 radical (unpaired) electrons. The summed E-state index contributed by atoms with van der Waals surface area (Å²) in [7, 11) is 0. The monoisotopic (exact) mass is 242 g/mol. The number of fused-ring (bicyclic) bond motifs is 1. The second-order valence-electron chi connectivity index (χ2n) is 5.05. The van der Waals surface area contributed by atoms with Crippen molar-refractivity contribution in [2.75, 3.05) is 0 Å². The van der Waals surface area contributed by atoms with Crippen molar-refractivity contribution in [1.29, 1.82) is 0 Å². The zero-order chi connectivity index (χ0) is 12.4. The van der Waals surface area contributed by atoms with Crippen molar-refractivity contribution in [3.05, 3.63) is 47.5 Å². The van der Waals surface area contributed by atoms with Gasteiger partial charge in [-0.15, -0.1) is 0 Å². The van der Waals surface area contributed by atoms with Crippen molar-refractivity contribution in [3.63, 3.8) is 0 Å². The van der Waals surface area contributed by atoms with Gasteiger partial charge in [0.2, 0.25) is 5.91 Å². The topological polar surface area (TPSA) is 41.1 Å². The summed E-state index contributed by atoms with van der Waals surface area (Å²) < 4.78 is 0. The Morgan fingerprint density at radius 3 is 2.67 bits per heavy atom. The normalized spacial score (nSPS) is 22.8. The van der Waals surface area contributed by atoms with E-state index in [2.05, 4.69) is 34.9 Å². The van der Waals surface area contributed by atoms with Gasteiger partial charge in [-0.1, -0.05) is 36.4 Å². The quantitative estimate of drug-likeness (QED) is 0.772. The summed E-state index contributed by atoms with van der Waals surface area (Å²) in [5, 5.41) is 6.43. The molecular weight excluding hydrogens is 224 g/mol. The fourth-order valence-corrected chi connectivity index (χ4v) is 2.68. The van der Waals surface area contributed by atoms with Gasteiger partial charge in [-0.05, 0) is 30.4 Å². The first kappa shape index (κ1) is 11.5. The van der Waals surface area contributed by atoms with Crippen LogP contribution in [0, 0.1) is 0 Å². The Balaban J connectivity index is 1.63. The van der Waals surface area contributed by atoms with E-state index in [0.29, 0.717) is 6.04 Å². The predicted octanol–water partition coefficient (Wildman–Crippen LogP) is 1.54. The number of carbonyl (C=O) groups excluding carboxylic acids is 1. The molecule has 1 atom stereocenters. The molecule has 18 heavy (non-hydrogen) atoms. The Bertz CT molecular complexity index is 473. The van der Waals surface area contributed by atoms with Crippen molar-refractivity contribution < 1.29 is 4.79 Å². The largest absolute Gasteiger partial charge is 0.351 e. The van der Waals surface area contributed by atoms with Crippen LogP contribution in [0.2, 0.25) is 0 Å². The number of nitrogens with one attached hydrogen (secondary N) is 2. The van der Waals surface area contributed by atoms with Gasteiger partial charge in [-0.25, -0.2) is 0 Å². The lowest BCUT2D eigenvalue weighted by Crippen LogP contribution is -2.50. The van der Waals surface area contributed by atoms with E-state index in [4.69, 9.17) is 0 Å². The number of rotatable bonds is 2. The van der Waals surface area contributed by atoms with Crippen LogP contribution in [-0.4, -0.2) is 18.0 Å². The Kier molecular flexibility index (Phi) is 3.15. The lowest BCUT2D eigenvalue weighted by atomic mass is 9.95. The van der Waals surface area contributed by atoms with Crippen LogP contribution in [-0.2, 0) is 17.8 Å². The molecule has 0 aromatic heterocycles. The van der Waals surface area contributed by atoms with Crippen LogP contribution in [0.25, 0.3) is 0 Å². The van der Waals surface area contributed by atoms with Crippen molar-refractivity contribution >= 4 is 5.91 Å². The summed E-state index contributed by atoms with van der Waals surface area (Å²) in [6.07, 6.45) is 7.00. The molecule has 0 spiro atoms. The predicted molar refractivity (Wildman–Crippen MR) is 71.1 cm³/mol. The van der Waals surface area contributed by atoms with Gasteiger partial charge in [-0.3, -0.25) is 4.79 Å². The Morgan fingerprint density at radius 2 is 1.89 bits per heavy atom. The third-order valence-corrected chi connectivity index (χ3v) is 3.75. The van der Waals surface area contributed by atoms with E-state index in [9.17, 15) is 4.79 Å². The molecule has 3 heteroatoms. The molecule has 1 unspecified atom stereocenters. The summed E-state index contributed by atoms with van der Waals surface area (Å²) in [5.41, 5.74) is 2.60. The summed E-state index contributed by atoms with van der Waals surface area (Å²) in [5.74, 6) is 0.137. The van der Waals surface area contributed by atoms with E-state index in [-0.39, 0.29) is 11.9 Å². The molecule has 3 nitrogen and oxygen atoms in total. The van der Waals surface area contributed by atoms with Crippen LogP contribution in [0.3, 0.4) is 0 Å². The lowest BCUT2D eigenvalue weighted by Gasteiger charge is -2.26. The molecule has 0 saturated carbocycles.